The van der Waals surface area contributed by atoms with Crippen LogP contribution in [0.15, 0.2) is 59.4 Å². The number of aromatic nitrogens is 4. The third-order valence-electron chi connectivity index (χ3n) is 3.90. The molecule has 2 N–H and O–H groups in total. The van der Waals surface area contributed by atoms with E-state index < -0.39 is 5.69 Å². The third kappa shape index (κ3) is 2.76. The summed E-state index contributed by atoms with van der Waals surface area (Å²) in [6, 6.07) is 16.0. The molecule has 6 nitrogen and oxygen atoms in total. The molecule has 0 radical (unpaired) electrons. The summed E-state index contributed by atoms with van der Waals surface area (Å²) in [5.41, 5.74) is 2.59. The van der Waals surface area contributed by atoms with Gasteiger partial charge in [0.05, 0.1) is 5.69 Å². The van der Waals surface area contributed by atoms with Crippen LogP contribution in [-0.2, 0) is 0 Å². The maximum absolute atomic E-state index is 13.8. The summed E-state index contributed by atoms with van der Waals surface area (Å²) in [5.74, 6) is -0.0710. The summed E-state index contributed by atoms with van der Waals surface area (Å²) in [6.07, 6.45) is 0. The first-order valence-electron chi connectivity index (χ1n) is 7.68. The first-order valence-corrected chi connectivity index (χ1v) is 7.68. The van der Waals surface area contributed by atoms with E-state index in [4.69, 9.17) is 0 Å². The van der Waals surface area contributed by atoms with Crippen molar-refractivity contribution in [1.29, 1.82) is 0 Å². The van der Waals surface area contributed by atoms with E-state index in [9.17, 15) is 9.18 Å². The minimum Gasteiger partial charge on any atom is -0.325 e. The van der Waals surface area contributed by atoms with E-state index in [1.807, 2.05) is 30.3 Å². The molecule has 0 atom stereocenters. The molecule has 0 saturated carbocycles. The molecular weight excluding hydrogens is 321 g/mol. The molecule has 2 aromatic heterocycles. The summed E-state index contributed by atoms with van der Waals surface area (Å²) in [6.45, 7) is 1.69. The van der Waals surface area contributed by atoms with Gasteiger partial charge in [0, 0.05) is 17.3 Å². The third-order valence-corrected chi connectivity index (χ3v) is 3.90. The molecule has 25 heavy (non-hydrogen) atoms. The quantitative estimate of drug-likeness (QED) is 0.602. The number of benzene rings is 2. The second-order valence-electron chi connectivity index (χ2n) is 5.64. The van der Waals surface area contributed by atoms with Crippen molar-refractivity contribution in [3.8, 4) is 11.3 Å². The molecule has 0 fully saturated rings. The largest absolute Gasteiger partial charge is 0.350 e. The standard InChI is InChI=1S/C18H14FN5O/c1-11-7-8-13(9-14(11)19)20-17-21-15(12-5-3-2-4-6-12)10-16-22-23-18(25)24(16)17/h2-10H,1H3,(H,20,21)(H,23,25). The van der Waals surface area contributed by atoms with Crippen LogP contribution in [0, 0.1) is 12.7 Å². The fourth-order valence-corrected chi connectivity index (χ4v) is 2.57. The molecule has 4 aromatic rings. The zero-order valence-electron chi connectivity index (χ0n) is 13.3. The molecule has 124 valence electrons. The lowest BCUT2D eigenvalue weighted by molar-refractivity contribution is 0.619. The number of nitrogens with one attached hydrogen (secondary N) is 2. The van der Waals surface area contributed by atoms with Crippen molar-refractivity contribution in [1.82, 2.24) is 19.6 Å². The lowest BCUT2D eigenvalue weighted by Crippen LogP contribution is -2.14. The number of anilines is 2. The Morgan fingerprint density at radius 2 is 1.92 bits per heavy atom. The van der Waals surface area contributed by atoms with Crippen LogP contribution in [0.5, 0.6) is 0 Å². The highest BCUT2D eigenvalue weighted by atomic mass is 19.1. The van der Waals surface area contributed by atoms with Crippen LogP contribution >= 0.6 is 0 Å². The fourth-order valence-electron chi connectivity index (χ4n) is 2.57. The van der Waals surface area contributed by atoms with Crippen molar-refractivity contribution in [3.63, 3.8) is 0 Å². The van der Waals surface area contributed by atoms with Crippen LogP contribution in [0.4, 0.5) is 16.0 Å². The Bertz CT molecular complexity index is 1120. The predicted octanol–water partition coefficient (Wildman–Crippen LogP) is 3.28. The van der Waals surface area contributed by atoms with E-state index in [1.54, 1.807) is 25.1 Å². The van der Waals surface area contributed by atoms with Gasteiger partial charge in [-0.25, -0.2) is 23.7 Å². The Kier molecular flexibility index (Phi) is 3.53. The van der Waals surface area contributed by atoms with Crippen LogP contribution in [-0.4, -0.2) is 19.6 Å². The van der Waals surface area contributed by atoms with Gasteiger partial charge in [-0.05, 0) is 24.6 Å². The fraction of sp³-hybridized carbons (Fsp3) is 0.0556. The number of hydrogen-bond donors (Lipinski definition) is 2. The van der Waals surface area contributed by atoms with Crippen molar-refractivity contribution in [2.75, 3.05) is 5.32 Å². The predicted molar refractivity (Wildman–Crippen MR) is 93.5 cm³/mol. The van der Waals surface area contributed by atoms with Crippen LogP contribution < -0.4 is 11.0 Å². The lowest BCUT2D eigenvalue weighted by atomic mass is 10.1. The Balaban J connectivity index is 1.87. The molecule has 0 spiro atoms. The van der Waals surface area contributed by atoms with Crippen molar-refractivity contribution in [2.45, 2.75) is 6.92 Å². The van der Waals surface area contributed by atoms with Gasteiger partial charge in [-0.2, -0.15) is 5.10 Å². The summed E-state index contributed by atoms with van der Waals surface area (Å²) >= 11 is 0. The summed E-state index contributed by atoms with van der Waals surface area (Å²) < 4.78 is 15.1. The molecule has 2 aromatic carbocycles. The van der Waals surface area contributed by atoms with Crippen LogP contribution in [0.2, 0.25) is 0 Å². The average Bonchev–Trinajstić information content (AvgIpc) is 3.00. The van der Waals surface area contributed by atoms with Crippen molar-refractivity contribution >= 4 is 17.3 Å². The van der Waals surface area contributed by atoms with Crippen LogP contribution in [0.1, 0.15) is 5.56 Å². The maximum Gasteiger partial charge on any atom is 0.350 e. The molecule has 0 unspecified atom stereocenters. The zero-order valence-corrected chi connectivity index (χ0v) is 13.3. The van der Waals surface area contributed by atoms with E-state index in [0.29, 0.717) is 22.6 Å². The van der Waals surface area contributed by atoms with Gasteiger partial charge in [-0.1, -0.05) is 36.4 Å². The second-order valence-corrected chi connectivity index (χ2v) is 5.64. The van der Waals surface area contributed by atoms with Crippen LogP contribution in [0.25, 0.3) is 16.9 Å². The molecule has 2 heterocycles. The maximum atomic E-state index is 13.8. The number of nitrogens with zero attached hydrogens (tertiary/aromatic N) is 3. The van der Waals surface area contributed by atoms with Gasteiger partial charge in [0.1, 0.15) is 5.82 Å². The molecule has 0 aliphatic heterocycles. The first kappa shape index (κ1) is 15.1. The van der Waals surface area contributed by atoms with Crippen LogP contribution in [0.3, 0.4) is 0 Å². The SMILES string of the molecule is Cc1ccc(Nc2nc(-c3ccccc3)cc3n[nH]c(=O)n23)cc1F. The minimum absolute atomic E-state index is 0.262. The average molecular weight is 335 g/mol. The number of aromatic amines is 1. The number of hydrogen-bond acceptors (Lipinski definition) is 4. The molecule has 7 heteroatoms. The van der Waals surface area contributed by atoms with E-state index in [0.717, 1.165) is 5.56 Å². The van der Waals surface area contributed by atoms with Crippen molar-refractivity contribution in [2.24, 2.45) is 0 Å². The van der Waals surface area contributed by atoms with E-state index in [1.165, 1.54) is 10.5 Å². The minimum atomic E-state index is -0.419. The molecule has 4 rings (SSSR count). The number of aryl methyl sites for hydroxylation is 1. The second kappa shape index (κ2) is 5.86. The number of halogens is 1. The van der Waals surface area contributed by atoms with E-state index in [-0.39, 0.29) is 11.8 Å². The van der Waals surface area contributed by atoms with E-state index >= 15 is 0 Å². The van der Waals surface area contributed by atoms with Crippen molar-refractivity contribution in [3.05, 3.63) is 76.5 Å². The number of H-pyrrole nitrogens is 1. The molecular formula is C18H14FN5O. The smallest absolute Gasteiger partial charge is 0.325 e. The Hall–Kier alpha value is -3.48. The Labute approximate surface area is 142 Å². The van der Waals surface area contributed by atoms with Gasteiger partial charge in [-0.3, -0.25) is 0 Å². The molecule has 0 amide bonds. The van der Waals surface area contributed by atoms with Gasteiger partial charge >= 0.3 is 5.69 Å². The highest BCUT2D eigenvalue weighted by molar-refractivity contribution is 5.67. The summed E-state index contributed by atoms with van der Waals surface area (Å²) in [5, 5.41) is 9.42. The zero-order chi connectivity index (χ0) is 17.4. The van der Waals surface area contributed by atoms with Gasteiger partial charge in [0.2, 0.25) is 5.95 Å². The summed E-state index contributed by atoms with van der Waals surface area (Å²) in [7, 11) is 0. The normalized spacial score (nSPS) is 11.0. The molecule has 0 aliphatic carbocycles. The molecule has 0 saturated heterocycles. The Morgan fingerprint density at radius 1 is 1.12 bits per heavy atom. The van der Waals surface area contributed by atoms with Crippen molar-refractivity contribution < 1.29 is 4.39 Å². The van der Waals surface area contributed by atoms with Gasteiger partial charge < -0.3 is 5.32 Å². The van der Waals surface area contributed by atoms with E-state index in [2.05, 4.69) is 20.5 Å². The molecule has 0 aliphatic rings. The monoisotopic (exact) mass is 335 g/mol. The topological polar surface area (TPSA) is 75.1 Å². The highest BCUT2D eigenvalue weighted by Gasteiger charge is 2.12. The van der Waals surface area contributed by atoms with Gasteiger partial charge in [0.25, 0.3) is 0 Å². The van der Waals surface area contributed by atoms with Gasteiger partial charge in [-0.15, -0.1) is 0 Å². The first-order chi connectivity index (χ1) is 12.1. The summed E-state index contributed by atoms with van der Waals surface area (Å²) in [4.78, 5) is 16.6. The Morgan fingerprint density at radius 3 is 2.68 bits per heavy atom. The number of rotatable bonds is 3. The molecule has 0 bridgehead atoms. The lowest BCUT2D eigenvalue weighted by Gasteiger charge is -2.10. The number of fused-ring (bicyclic) bond motifs is 1. The van der Waals surface area contributed by atoms with Gasteiger partial charge in [0.15, 0.2) is 5.65 Å². The highest BCUT2D eigenvalue weighted by Crippen LogP contribution is 2.23.